The van der Waals surface area contributed by atoms with E-state index in [0.29, 0.717) is 5.56 Å². The van der Waals surface area contributed by atoms with Crippen LogP contribution in [0.2, 0.25) is 5.02 Å². The predicted octanol–water partition coefficient (Wildman–Crippen LogP) is 3.48. The minimum Gasteiger partial charge on any atom is -0.402 e. The molecular weight excluding hydrogens is 275 g/mol. The third kappa shape index (κ3) is 3.12. The van der Waals surface area contributed by atoms with Gasteiger partial charge >= 0.3 is 7.82 Å². The quantitative estimate of drug-likeness (QED) is 0.847. The monoisotopic (exact) mass is 284 g/mol. The lowest BCUT2D eigenvalue weighted by Crippen LogP contribution is -1.93. The van der Waals surface area contributed by atoms with E-state index in [1.54, 1.807) is 24.3 Å². The molecule has 0 saturated heterocycles. The van der Waals surface area contributed by atoms with Gasteiger partial charge in [-0.05, 0) is 11.6 Å². The summed E-state index contributed by atoms with van der Waals surface area (Å²) in [6.45, 7) is 0. The Morgan fingerprint density at radius 3 is 2.28 bits per heavy atom. The molecule has 18 heavy (non-hydrogen) atoms. The highest BCUT2D eigenvalue weighted by molar-refractivity contribution is 7.46. The van der Waals surface area contributed by atoms with Crippen LogP contribution in [-0.2, 0) is 4.57 Å². The summed E-state index contributed by atoms with van der Waals surface area (Å²) in [7, 11) is -4.65. The van der Waals surface area contributed by atoms with Crippen molar-refractivity contribution in [2.75, 3.05) is 0 Å². The number of phosphoric ester groups is 1. The van der Waals surface area contributed by atoms with Crippen LogP contribution in [0.3, 0.4) is 0 Å². The van der Waals surface area contributed by atoms with E-state index >= 15 is 0 Å². The molecule has 0 aliphatic carbocycles. The molecule has 0 radical (unpaired) electrons. The van der Waals surface area contributed by atoms with Gasteiger partial charge in [0.1, 0.15) is 0 Å². The molecule has 0 atom stereocenters. The summed E-state index contributed by atoms with van der Waals surface area (Å²) >= 11 is 5.92. The first kappa shape index (κ1) is 13.1. The van der Waals surface area contributed by atoms with Gasteiger partial charge in [0, 0.05) is 5.56 Å². The number of halogens is 1. The minimum absolute atomic E-state index is 0.0151. The Morgan fingerprint density at radius 2 is 1.67 bits per heavy atom. The maximum Gasteiger partial charge on any atom is 0.524 e. The first-order valence-corrected chi connectivity index (χ1v) is 6.97. The Hall–Kier alpha value is -1.32. The number of benzene rings is 2. The Labute approximate surface area is 109 Å². The van der Waals surface area contributed by atoms with Crippen LogP contribution >= 0.6 is 19.4 Å². The van der Waals surface area contributed by atoms with Gasteiger partial charge in [0.15, 0.2) is 5.75 Å². The highest BCUT2D eigenvalue weighted by atomic mass is 35.5. The van der Waals surface area contributed by atoms with Gasteiger partial charge < -0.3 is 4.52 Å². The molecule has 0 aliphatic rings. The highest BCUT2D eigenvalue weighted by Gasteiger charge is 2.21. The van der Waals surface area contributed by atoms with Crippen LogP contribution in [0.5, 0.6) is 5.75 Å². The molecule has 6 heteroatoms. The van der Waals surface area contributed by atoms with Crippen LogP contribution < -0.4 is 4.52 Å². The van der Waals surface area contributed by atoms with Crippen molar-refractivity contribution in [2.24, 2.45) is 0 Å². The second-order valence-corrected chi connectivity index (χ2v) is 5.14. The van der Waals surface area contributed by atoms with Crippen LogP contribution in [0.25, 0.3) is 11.1 Å². The molecule has 2 rings (SSSR count). The van der Waals surface area contributed by atoms with E-state index in [1.807, 2.05) is 18.2 Å². The van der Waals surface area contributed by atoms with E-state index in [1.165, 1.54) is 6.07 Å². The fraction of sp³-hybridized carbons (Fsp3) is 0. The van der Waals surface area contributed by atoms with Crippen LogP contribution in [0.15, 0.2) is 48.5 Å². The van der Waals surface area contributed by atoms with Crippen LogP contribution in [0.1, 0.15) is 0 Å². The summed E-state index contributed by atoms with van der Waals surface area (Å²) in [6, 6.07) is 14.0. The Balaban J connectivity index is 2.55. The van der Waals surface area contributed by atoms with Crippen LogP contribution in [-0.4, -0.2) is 9.79 Å². The molecule has 0 heterocycles. The van der Waals surface area contributed by atoms with Crippen molar-refractivity contribution < 1.29 is 18.9 Å². The molecule has 2 aromatic rings. The van der Waals surface area contributed by atoms with Crippen molar-refractivity contribution in [1.82, 2.24) is 0 Å². The average molecular weight is 285 g/mol. The van der Waals surface area contributed by atoms with E-state index < -0.39 is 7.82 Å². The predicted molar refractivity (Wildman–Crippen MR) is 69.6 cm³/mol. The van der Waals surface area contributed by atoms with Gasteiger partial charge in [-0.3, -0.25) is 9.79 Å². The molecule has 0 fully saturated rings. The SMILES string of the molecule is O=P(O)(O)Oc1c(Cl)cccc1-c1ccccc1. The second-order valence-electron chi connectivity index (χ2n) is 3.56. The summed E-state index contributed by atoms with van der Waals surface area (Å²) in [5.74, 6) is -0.0151. The van der Waals surface area contributed by atoms with Crippen molar-refractivity contribution in [3.8, 4) is 16.9 Å². The van der Waals surface area contributed by atoms with E-state index in [4.69, 9.17) is 21.4 Å². The molecule has 0 amide bonds. The lowest BCUT2D eigenvalue weighted by Gasteiger charge is -2.13. The molecule has 0 spiro atoms. The molecule has 0 aliphatic heterocycles. The molecule has 0 saturated carbocycles. The topological polar surface area (TPSA) is 66.8 Å². The lowest BCUT2D eigenvalue weighted by molar-refractivity contribution is 0.283. The van der Waals surface area contributed by atoms with E-state index in [9.17, 15) is 4.57 Å². The van der Waals surface area contributed by atoms with Gasteiger partial charge in [-0.1, -0.05) is 54.1 Å². The number of para-hydroxylation sites is 1. The molecule has 2 aromatic carbocycles. The van der Waals surface area contributed by atoms with Crippen molar-refractivity contribution >= 4 is 19.4 Å². The minimum atomic E-state index is -4.65. The maximum absolute atomic E-state index is 10.9. The zero-order chi connectivity index (χ0) is 13.2. The van der Waals surface area contributed by atoms with Gasteiger partial charge in [0.05, 0.1) is 5.02 Å². The Morgan fingerprint density at radius 1 is 1.00 bits per heavy atom. The van der Waals surface area contributed by atoms with E-state index in [2.05, 4.69) is 4.52 Å². The van der Waals surface area contributed by atoms with Gasteiger partial charge in [-0.25, -0.2) is 4.57 Å². The van der Waals surface area contributed by atoms with Crippen LogP contribution in [0, 0.1) is 0 Å². The van der Waals surface area contributed by atoms with Crippen molar-refractivity contribution in [2.45, 2.75) is 0 Å². The summed E-state index contributed by atoms with van der Waals surface area (Å²) in [4.78, 5) is 17.8. The standard InChI is InChI=1S/C12H10ClO4P/c13-11-8-4-7-10(9-5-2-1-3-6-9)12(11)17-18(14,15)16/h1-8H,(H2,14,15,16). The lowest BCUT2D eigenvalue weighted by atomic mass is 10.1. The fourth-order valence-corrected chi connectivity index (χ4v) is 2.27. The number of hydrogen-bond donors (Lipinski definition) is 2. The summed E-state index contributed by atoms with van der Waals surface area (Å²) in [5, 5.41) is 0.152. The molecule has 4 nitrogen and oxygen atoms in total. The summed E-state index contributed by atoms with van der Waals surface area (Å²) in [5.41, 5.74) is 1.30. The van der Waals surface area contributed by atoms with Crippen molar-refractivity contribution in [1.29, 1.82) is 0 Å². The third-order valence-electron chi connectivity index (χ3n) is 2.26. The van der Waals surface area contributed by atoms with Gasteiger partial charge in [-0.2, -0.15) is 0 Å². The van der Waals surface area contributed by atoms with E-state index in [-0.39, 0.29) is 10.8 Å². The Kier molecular flexibility index (Phi) is 3.73. The third-order valence-corrected chi connectivity index (χ3v) is 2.98. The van der Waals surface area contributed by atoms with Crippen molar-refractivity contribution in [3.05, 3.63) is 53.6 Å². The first-order valence-electron chi connectivity index (χ1n) is 5.06. The molecule has 0 unspecified atom stereocenters. The number of hydrogen-bond acceptors (Lipinski definition) is 2. The summed E-state index contributed by atoms with van der Waals surface area (Å²) < 4.78 is 15.6. The number of rotatable bonds is 3. The van der Waals surface area contributed by atoms with Gasteiger partial charge in [0.2, 0.25) is 0 Å². The second kappa shape index (κ2) is 5.12. The number of phosphoric acid groups is 1. The molecule has 2 N–H and O–H groups in total. The van der Waals surface area contributed by atoms with Gasteiger partial charge in [0.25, 0.3) is 0 Å². The smallest absolute Gasteiger partial charge is 0.402 e. The average Bonchev–Trinajstić information content (AvgIpc) is 2.31. The maximum atomic E-state index is 10.9. The largest absolute Gasteiger partial charge is 0.524 e. The van der Waals surface area contributed by atoms with Crippen LogP contribution in [0.4, 0.5) is 0 Å². The zero-order valence-corrected chi connectivity index (χ0v) is 10.8. The molecule has 0 aromatic heterocycles. The Bertz CT molecular complexity index is 594. The molecule has 0 bridgehead atoms. The zero-order valence-electron chi connectivity index (χ0n) is 9.15. The first-order chi connectivity index (χ1) is 8.47. The van der Waals surface area contributed by atoms with Crippen molar-refractivity contribution in [3.63, 3.8) is 0 Å². The molecular formula is C12H10ClO4P. The van der Waals surface area contributed by atoms with E-state index in [0.717, 1.165) is 5.56 Å². The fourth-order valence-electron chi connectivity index (χ4n) is 1.57. The normalized spacial score (nSPS) is 11.3. The summed E-state index contributed by atoms with van der Waals surface area (Å²) in [6.07, 6.45) is 0. The molecule has 94 valence electrons. The highest BCUT2D eigenvalue weighted by Crippen LogP contribution is 2.45. The van der Waals surface area contributed by atoms with Gasteiger partial charge in [-0.15, -0.1) is 0 Å².